The van der Waals surface area contributed by atoms with E-state index in [1.165, 1.54) is 6.07 Å². The molecule has 138 valence electrons. The van der Waals surface area contributed by atoms with Gasteiger partial charge in [-0.3, -0.25) is 4.99 Å². The topological polar surface area (TPSA) is 75.1 Å². The quantitative estimate of drug-likeness (QED) is 0.543. The number of rotatable bonds is 6. The predicted octanol–water partition coefficient (Wildman–Crippen LogP) is 1.95. The first-order valence-corrected chi connectivity index (χ1v) is 8.41. The van der Waals surface area contributed by atoms with E-state index in [0.717, 1.165) is 29.0 Å². The summed E-state index contributed by atoms with van der Waals surface area (Å²) in [5.41, 5.74) is 2.30. The number of nitrogens with zero attached hydrogens (tertiary/aromatic N) is 1. The lowest BCUT2D eigenvalue weighted by Crippen LogP contribution is -2.37. The Morgan fingerprint density at radius 2 is 1.92 bits per heavy atom. The molecule has 1 heterocycles. The number of hydrogen-bond acceptors (Lipinski definition) is 4. The molecule has 3 rings (SSSR count). The number of fused-ring (bicyclic) bond motifs is 1. The fraction of sp³-hybridized carbons (Fsp3) is 0.316. The monoisotopic (exact) mass is 359 g/mol. The van der Waals surface area contributed by atoms with E-state index in [9.17, 15) is 4.39 Å². The molecule has 26 heavy (non-hydrogen) atoms. The molecular formula is C19H22FN3O3. The minimum absolute atomic E-state index is 0.273. The van der Waals surface area contributed by atoms with Crippen LogP contribution in [0.5, 0.6) is 11.5 Å². The van der Waals surface area contributed by atoms with Gasteiger partial charge in [0.25, 0.3) is 0 Å². The zero-order chi connectivity index (χ0) is 18.4. The average Bonchev–Trinajstić information content (AvgIpc) is 3.13. The van der Waals surface area contributed by atoms with E-state index in [2.05, 4.69) is 15.6 Å². The summed E-state index contributed by atoms with van der Waals surface area (Å²) in [7, 11) is 1.69. The van der Waals surface area contributed by atoms with Gasteiger partial charge in [0.05, 0.1) is 6.61 Å². The van der Waals surface area contributed by atoms with Crippen LogP contribution in [0.4, 0.5) is 4.39 Å². The van der Waals surface area contributed by atoms with Crippen molar-refractivity contribution < 1.29 is 19.0 Å². The molecule has 0 radical (unpaired) electrons. The van der Waals surface area contributed by atoms with Crippen molar-refractivity contribution in [1.82, 2.24) is 10.6 Å². The van der Waals surface area contributed by atoms with E-state index < -0.39 is 5.82 Å². The Kier molecular flexibility index (Phi) is 5.91. The molecule has 2 aromatic carbocycles. The maximum atomic E-state index is 13.4. The van der Waals surface area contributed by atoms with Crippen molar-refractivity contribution in [2.75, 3.05) is 20.4 Å². The number of aliphatic hydroxyl groups excluding tert-OH is 1. The number of hydrogen-bond donors (Lipinski definition) is 3. The van der Waals surface area contributed by atoms with Gasteiger partial charge >= 0.3 is 0 Å². The molecule has 0 unspecified atom stereocenters. The summed E-state index contributed by atoms with van der Waals surface area (Å²) in [6, 6.07) is 10.6. The first-order chi connectivity index (χ1) is 12.7. The SMILES string of the molecule is CN=C(NCCc1ccc2c(c1)OCO2)NCc1ccc(F)c(CO)c1. The van der Waals surface area contributed by atoms with Crippen LogP contribution in [-0.4, -0.2) is 31.5 Å². The van der Waals surface area contributed by atoms with E-state index >= 15 is 0 Å². The van der Waals surface area contributed by atoms with Gasteiger partial charge in [0.1, 0.15) is 5.82 Å². The van der Waals surface area contributed by atoms with Crippen LogP contribution in [0.25, 0.3) is 0 Å². The van der Waals surface area contributed by atoms with Crippen molar-refractivity contribution >= 4 is 5.96 Å². The van der Waals surface area contributed by atoms with Gasteiger partial charge < -0.3 is 25.2 Å². The number of nitrogens with one attached hydrogen (secondary N) is 2. The highest BCUT2D eigenvalue weighted by Gasteiger charge is 2.13. The summed E-state index contributed by atoms with van der Waals surface area (Å²) < 4.78 is 24.1. The van der Waals surface area contributed by atoms with Crippen molar-refractivity contribution in [3.63, 3.8) is 0 Å². The molecule has 0 saturated carbocycles. The van der Waals surface area contributed by atoms with Crippen LogP contribution >= 0.6 is 0 Å². The smallest absolute Gasteiger partial charge is 0.231 e. The molecule has 1 aliphatic rings. The number of aliphatic imine (C=N–C) groups is 1. The summed E-state index contributed by atoms with van der Waals surface area (Å²) in [4.78, 5) is 4.18. The summed E-state index contributed by atoms with van der Waals surface area (Å²) in [6.07, 6.45) is 0.808. The first kappa shape index (κ1) is 18.0. The maximum absolute atomic E-state index is 13.4. The summed E-state index contributed by atoms with van der Waals surface area (Å²) >= 11 is 0. The number of aliphatic hydroxyl groups is 1. The molecule has 0 bridgehead atoms. The van der Waals surface area contributed by atoms with Crippen LogP contribution in [0.3, 0.4) is 0 Å². The normalized spacial score (nSPS) is 13.0. The molecular weight excluding hydrogens is 337 g/mol. The molecule has 0 fully saturated rings. The van der Waals surface area contributed by atoms with E-state index in [4.69, 9.17) is 14.6 Å². The molecule has 1 aliphatic heterocycles. The van der Waals surface area contributed by atoms with Gasteiger partial charge in [-0.2, -0.15) is 0 Å². The van der Waals surface area contributed by atoms with Crippen LogP contribution in [0.15, 0.2) is 41.4 Å². The minimum atomic E-state index is -0.400. The first-order valence-electron chi connectivity index (χ1n) is 8.41. The lowest BCUT2D eigenvalue weighted by atomic mass is 10.1. The highest BCUT2D eigenvalue weighted by Crippen LogP contribution is 2.32. The van der Waals surface area contributed by atoms with Crippen LogP contribution in [0.2, 0.25) is 0 Å². The second kappa shape index (κ2) is 8.53. The van der Waals surface area contributed by atoms with Crippen LogP contribution in [0.1, 0.15) is 16.7 Å². The van der Waals surface area contributed by atoms with Crippen molar-refractivity contribution in [1.29, 1.82) is 0 Å². The highest BCUT2D eigenvalue weighted by molar-refractivity contribution is 5.79. The van der Waals surface area contributed by atoms with E-state index in [-0.39, 0.29) is 19.0 Å². The zero-order valence-electron chi connectivity index (χ0n) is 14.6. The second-order valence-electron chi connectivity index (χ2n) is 5.87. The molecule has 0 aliphatic carbocycles. The maximum Gasteiger partial charge on any atom is 0.231 e. The Balaban J connectivity index is 1.47. The zero-order valence-corrected chi connectivity index (χ0v) is 14.6. The van der Waals surface area contributed by atoms with Gasteiger partial charge in [0.2, 0.25) is 6.79 Å². The average molecular weight is 359 g/mol. The Labute approximate surface area is 151 Å². The largest absolute Gasteiger partial charge is 0.454 e. The molecule has 7 heteroatoms. The predicted molar refractivity (Wildman–Crippen MR) is 96.8 cm³/mol. The number of halogens is 1. The van der Waals surface area contributed by atoms with Gasteiger partial charge in [-0.05, 0) is 41.8 Å². The van der Waals surface area contributed by atoms with Crippen LogP contribution < -0.4 is 20.1 Å². The van der Waals surface area contributed by atoms with E-state index in [1.54, 1.807) is 19.2 Å². The van der Waals surface area contributed by atoms with Crippen molar-refractivity contribution in [3.05, 3.63) is 58.9 Å². The Morgan fingerprint density at radius 3 is 2.73 bits per heavy atom. The molecule has 0 aromatic heterocycles. The molecule has 2 aromatic rings. The lowest BCUT2D eigenvalue weighted by molar-refractivity contribution is 0.174. The van der Waals surface area contributed by atoms with Gasteiger partial charge in [0, 0.05) is 25.7 Å². The van der Waals surface area contributed by atoms with Crippen molar-refractivity contribution in [3.8, 4) is 11.5 Å². The number of guanidine groups is 1. The molecule has 0 atom stereocenters. The standard InChI is InChI=1S/C19H22FN3O3/c1-21-19(23-10-14-2-4-16(20)15(8-14)11-24)22-7-6-13-3-5-17-18(9-13)26-12-25-17/h2-5,8-9,24H,6-7,10-12H2,1H3,(H2,21,22,23). The third-order valence-electron chi connectivity index (χ3n) is 4.11. The third-order valence-corrected chi connectivity index (χ3v) is 4.11. The Hall–Kier alpha value is -2.80. The van der Waals surface area contributed by atoms with Gasteiger partial charge in [-0.25, -0.2) is 4.39 Å². The highest BCUT2D eigenvalue weighted by atomic mass is 19.1. The number of ether oxygens (including phenoxy) is 2. The van der Waals surface area contributed by atoms with Crippen molar-refractivity contribution in [2.45, 2.75) is 19.6 Å². The van der Waals surface area contributed by atoms with E-state index in [1.807, 2.05) is 18.2 Å². The van der Waals surface area contributed by atoms with Gasteiger partial charge in [-0.15, -0.1) is 0 Å². The third kappa shape index (κ3) is 4.43. The molecule has 3 N–H and O–H groups in total. The van der Waals surface area contributed by atoms with E-state index in [0.29, 0.717) is 19.0 Å². The van der Waals surface area contributed by atoms with Crippen LogP contribution in [0, 0.1) is 5.82 Å². The van der Waals surface area contributed by atoms with Gasteiger partial charge in [0.15, 0.2) is 17.5 Å². The molecule has 0 saturated heterocycles. The van der Waals surface area contributed by atoms with Gasteiger partial charge in [-0.1, -0.05) is 12.1 Å². The van der Waals surface area contributed by atoms with Crippen molar-refractivity contribution in [2.24, 2.45) is 4.99 Å². The summed E-state index contributed by atoms with van der Waals surface area (Å²) in [5, 5.41) is 15.5. The van der Waals surface area contributed by atoms with Crippen LogP contribution in [-0.2, 0) is 19.6 Å². The Bertz CT molecular complexity index is 796. The summed E-state index contributed by atoms with van der Waals surface area (Å²) in [6.45, 7) is 1.14. The Morgan fingerprint density at radius 1 is 1.12 bits per heavy atom. The minimum Gasteiger partial charge on any atom is -0.454 e. The lowest BCUT2D eigenvalue weighted by Gasteiger charge is -2.13. The fourth-order valence-electron chi connectivity index (χ4n) is 2.69. The molecule has 0 spiro atoms. The molecule has 0 amide bonds. The second-order valence-corrected chi connectivity index (χ2v) is 5.87. The fourth-order valence-corrected chi connectivity index (χ4v) is 2.69. The molecule has 6 nitrogen and oxygen atoms in total. The number of benzene rings is 2. The summed E-state index contributed by atoms with van der Waals surface area (Å²) in [5.74, 6) is 1.81.